The predicted octanol–water partition coefficient (Wildman–Crippen LogP) is 0.285. The summed E-state index contributed by atoms with van der Waals surface area (Å²) in [5.41, 5.74) is 0.0430. The molecule has 0 spiro atoms. The van der Waals surface area contributed by atoms with Crippen LogP contribution in [0, 0.1) is 11.7 Å². The fourth-order valence-electron chi connectivity index (χ4n) is 1.57. The minimum absolute atomic E-state index is 0.0430. The highest BCUT2D eigenvalue weighted by Gasteiger charge is 2.31. The van der Waals surface area contributed by atoms with Crippen LogP contribution in [0.4, 0.5) is 4.39 Å². The van der Waals surface area contributed by atoms with Gasteiger partial charge in [-0.25, -0.2) is 4.39 Å². The maximum atomic E-state index is 13.2. The molecule has 1 aromatic heterocycles. The molecule has 0 aromatic carbocycles. The van der Waals surface area contributed by atoms with E-state index in [4.69, 9.17) is 5.11 Å². The van der Waals surface area contributed by atoms with Crippen molar-refractivity contribution in [1.82, 2.24) is 9.88 Å². The molecule has 1 N–H and O–H groups in total. The van der Waals surface area contributed by atoms with Crippen molar-refractivity contribution in [2.45, 2.75) is 0 Å². The molecule has 1 aliphatic heterocycles. The van der Waals surface area contributed by atoms with E-state index in [1.807, 2.05) is 0 Å². The maximum absolute atomic E-state index is 13.2. The molecule has 0 saturated carbocycles. The smallest absolute Gasteiger partial charge is 0.256 e. The Morgan fingerprint density at radius 2 is 2.40 bits per heavy atom. The number of hydrogen-bond acceptors (Lipinski definition) is 3. The van der Waals surface area contributed by atoms with Gasteiger partial charge in [0.05, 0.1) is 11.8 Å². The molecule has 1 amide bonds. The van der Waals surface area contributed by atoms with E-state index in [0.717, 1.165) is 6.20 Å². The van der Waals surface area contributed by atoms with Crippen molar-refractivity contribution >= 4 is 5.91 Å². The highest BCUT2D eigenvalue weighted by Crippen LogP contribution is 2.18. The van der Waals surface area contributed by atoms with E-state index in [1.165, 1.54) is 17.2 Å². The van der Waals surface area contributed by atoms with Crippen LogP contribution in [0.15, 0.2) is 18.5 Å². The summed E-state index contributed by atoms with van der Waals surface area (Å²) in [4.78, 5) is 16.8. The molecule has 2 heterocycles. The maximum Gasteiger partial charge on any atom is 0.256 e. The molecule has 0 aliphatic carbocycles. The number of likely N-dealkylation sites (tertiary alicyclic amines) is 1. The molecule has 80 valence electrons. The molecular weight excluding hydrogens is 199 g/mol. The van der Waals surface area contributed by atoms with Crippen LogP contribution in [0.5, 0.6) is 0 Å². The Hall–Kier alpha value is -1.49. The summed E-state index contributed by atoms with van der Waals surface area (Å²) < 4.78 is 13.2. The van der Waals surface area contributed by atoms with E-state index in [9.17, 15) is 9.18 Å². The normalized spacial score (nSPS) is 16.3. The number of nitrogens with zero attached hydrogens (tertiary/aromatic N) is 2. The zero-order chi connectivity index (χ0) is 10.8. The van der Waals surface area contributed by atoms with Crippen LogP contribution in [0.2, 0.25) is 0 Å². The van der Waals surface area contributed by atoms with Crippen molar-refractivity contribution in [3.63, 3.8) is 0 Å². The third-order valence-corrected chi connectivity index (χ3v) is 2.51. The van der Waals surface area contributed by atoms with Gasteiger partial charge in [-0.1, -0.05) is 0 Å². The highest BCUT2D eigenvalue weighted by molar-refractivity contribution is 5.94. The Balaban J connectivity index is 2.07. The van der Waals surface area contributed by atoms with Gasteiger partial charge in [0, 0.05) is 31.8 Å². The molecule has 0 radical (unpaired) electrons. The number of rotatable bonds is 2. The van der Waals surface area contributed by atoms with Crippen molar-refractivity contribution in [3.05, 3.63) is 29.8 Å². The Bertz CT molecular complexity index is 377. The molecule has 15 heavy (non-hydrogen) atoms. The summed E-state index contributed by atoms with van der Waals surface area (Å²) in [5, 5.41) is 8.79. The Morgan fingerprint density at radius 3 is 3.00 bits per heavy atom. The third kappa shape index (κ3) is 1.83. The van der Waals surface area contributed by atoms with E-state index in [1.54, 1.807) is 0 Å². The SMILES string of the molecule is O=C(c1ccncc1F)N1CC(CO)C1. The first-order valence-electron chi connectivity index (χ1n) is 4.72. The summed E-state index contributed by atoms with van der Waals surface area (Å²) in [7, 11) is 0. The second-order valence-corrected chi connectivity index (χ2v) is 3.61. The van der Waals surface area contributed by atoms with Crippen LogP contribution in [-0.4, -0.2) is 40.6 Å². The van der Waals surface area contributed by atoms with Gasteiger partial charge in [-0.2, -0.15) is 0 Å². The van der Waals surface area contributed by atoms with E-state index in [2.05, 4.69) is 4.98 Å². The largest absolute Gasteiger partial charge is 0.396 e. The lowest BCUT2D eigenvalue weighted by molar-refractivity contribution is 0.0358. The molecule has 0 bridgehead atoms. The van der Waals surface area contributed by atoms with Gasteiger partial charge in [0.2, 0.25) is 0 Å². The zero-order valence-corrected chi connectivity index (χ0v) is 8.06. The zero-order valence-electron chi connectivity index (χ0n) is 8.06. The second-order valence-electron chi connectivity index (χ2n) is 3.61. The van der Waals surface area contributed by atoms with E-state index in [0.29, 0.717) is 13.1 Å². The Kier molecular flexibility index (Phi) is 2.64. The van der Waals surface area contributed by atoms with Gasteiger partial charge in [-0.3, -0.25) is 9.78 Å². The van der Waals surface area contributed by atoms with Crippen molar-refractivity contribution < 1.29 is 14.3 Å². The van der Waals surface area contributed by atoms with Crippen LogP contribution in [0.3, 0.4) is 0 Å². The van der Waals surface area contributed by atoms with Gasteiger partial charge >= 0.3 is 0 Å². The summed E-state index contributed by atoms with van der Waals surface area (Å²) >= 11 is 0. The number of aliphatic hydroxyl groups is 1. The average Bonchev–Trinajstić information content (AvgIpc) is 2.16. The molecule has 4 nitrogen and oxygen atoms in total. The molecule has 1 fully saturated rings. The quantitative estimate of drug-likeness (QED) is 0.763. The van der Waals surface area contributed by atoms with Crippen molar-refractivity contribution in [3.8, 4) is 0 Å². The molecular formula is C10H11FN2O2. The minimum Gasteiger partial charge on any atom is -0.396 e. The predicted molar refractivity (Wildman–Crippen MR) is 50.7 cm³/mol. The number of pyridine rings is 1. The molecule has 2 rings (SSSR count). The topological polar surface area (TPSA) is 53.4 Å². The fraction of sp³-hybridized carbons (Fsp3) is 0.400. The standard InChI is InChI=1S/C10H11FN2O2/c11-9-3-12-2-1-8(9)10(15)13-4-7(5-13)6-14/h1-3,7,14H,4-6H2. The fourth-order valence-corrected chi connectivity index (χ4v) is 1.57. The summed E-state index contributed by atoms with van der Waals surface area (Å²) in [6, 6.07) is 1.37. The average molecular weight is 210 g/mol. The Labute approximate surface area is 86.4 Å². The number of carbonyl (C=O) groups is 1. The summed E-state index contributed by atoms with van der Waals surface area (Å²) in [5.74, 6) is -0.798. The van der Waals surface area contributed by atoms with Crippen LogP contribution in [-0.2, 0) is 0 Å². The molecule has 0 atom stereocenters. The van der Waals surface area contributed by atoms with Crippen molar-refractivity contribution in [2.24, 2.45) is 5.92 Å². The van der Waals surface area contributed by atoms with Gasteiger partial charge in [-0.05, 0) is 6.07 Å². The first kappa shape index (κ1) is 10.0. The summed E-state index contributed by atoms with van der Waals surface area (Å²) in [6.45, 7) is 1.07. The molecule has 1 saturated heterocycles. The van der Waals surface area contributed by atoms with Crippen LogP contribution in [0.1, 0.15) is 10.4 Å². The number of carbonyl (C=O) groups excluding carboxylic acids is 1. The third-order valence-electron chi connectivity index (χ3n) is 2.51. The van der Waals surface area contributed by atoms with Crippen molar-refractivity contribution in [1.29, 1.82) is 0 Å². The lowest BCUT2D eigenvalue weighted by atomic mass is 10.0. The summed E-state index contributed by atoms with van der Waals surface area (Å²) in [6.07, 6.45) is 2.41. The monoisotopic (exact) mass is 210 g/mol. The Morgan fingerprint density at radius 1 is 1.67 bits per heavy atom. The number of amides is 1. The van der Waals surface area contributed by atoms with Gasteiger partial charge in [-0.15, -0.1) is 0 Å². The lowest BCUT2D eigenvalue weighted by Crippen LogP contribution is -2.51. The van der Waals surface area contributed by atoms with Gasteiger partial charge in [0.1, 0.15) is 0 Å². The number of hydrogen-bond donors (Lipinski definition) is 1. The first-order valence-corrected chi connectivity index (χ1v) is 4.72. The minimum atomic E-state index is -0.602. The molecule has 1 aromatic rings. The van der Waals surface area contributed by atoms with Crippen LogP contribution in [0.25, 0.3) is 0 Å². The van der Waals surface area contributed by atoms with Crippen LogP contribution < -0.4 is 0 Å². The number of halogens is 1. The molecule has 1 aliphatic rings. The molecule has 5 heteroatoms. The van der Waals surface area contributed by atoms with Crippen LogP contribution >= 0.6 is 0 Å². The molecule has 0 unspecified atom stereocenters. The number of aromatic nitrogens is 1. The van der Waals surface area contributed by atoms with Crippen molar-refractivity contribution in [2.75, 3.05) is 19.7 Å². The van der Waals surface area contributed by atoms with E-state index < -0.39 is 5.82 Å². The van der Waals surface area contributed by atoms with E-state index in [-0.39, 0.29) is 24.0 Å². The van der Waals surface area contributed by atoms with Gasteiger partial charge < -0.3 is 10.0 Å². The lowest BCUT2D eigenvalue weighted by Gasteiger charge is -2.38. The van der Waals surface area contributed by atoms with Gasteiger partial charge in [0.15, 0.2) is 5.82 Å². The second kappa shape index (κ2) is 3.94. The van der Waals surface area contributed by atoms with E-state index >= 15 is 0 Å². The van der Waals surface area contributed by atoms with Gasteiger partial charge in [0.25, 0.3) is 5.91 Å². The number of aliphatic hydroxyl groups excluding tert-OH is 1. The first-order chi connectivity index (χ1) is 7.22. The highest BCUT2D eigenvalue weighted by atomic mass is 19.1.